The quantitative estimate of drug-likeness (QED) is 0.760. The van der Waals surface area contributed by atoms with Crippen LogP contribution in [0.3, 0.4) is 0 Å². The number of nitrogens with one attached hydrogen (secondary N) is 1. The molecule has 0 amide bonds. The van der Waals surface area contributed by atoms with E-state index < -0.39 is 6.10 Å². The van der Waals surface area contributed by atoms with E-state index in [-0.39, 0.29) is 6.61 Å². The lowest BCUT2D eigenvalue weighted by atomic mass is 10.0. The lowest BCUT2D eigenvalue weighted by Gasteiger charge is -2.21. The maximum atomic E-state index is 10.0. The maximum Gasteiger partial charge on any atom is 0.161 e. The number of para-hydroxylation sites is 2. The molecule has 0 aromatic heterocycles. The SMILES string of the molecule is COc1ccccc1OCC(O)CNC(C)C1CCOC1. The summed E-state index contributed by atoms with van der Waals surface area (Å²) in [6.45, 7) is 4.53. The Hall–Kier alpha value is -1.30. The minimum Gasteiger partial charge on any atom is -0.493 e. The van der Waals surface area contributed by atoms with Crippen molar-refractivity contribution >= 4 is 0 Å². The zero-order chi connectivity index (χ0) is 15.1. The van der Waals surface area contributed by atoms with E-state index in [2.05, 4.69) is 12.2 Å². The molecule has 0 saturated carbocycles. The fourth-order valence-corrected chi connectivity index (χ4v) is 2.42. The molecule has 0 aliphatic carbocycles. The zero-order valence-corrected chi connectivity index (χ0v) is 12.7. The van der Waals surface area contributed by atoms with Crippen LogP contribution in [0.1, 0.15) is 13.3 Å². The van der Waals surface area contributed by atoms with Crippen LogP contribution in [0.25, 0.3) is 0 Å². The van der Waals surface area contributed by atoms with Crippen molar-refractivity contribution in [2.45, 2.75) is 25.5 Å². The molecule has 1 saturated heterocycles. The first-order valence-corrected chi connectivity index (χ1v) is 7.45. The van der Waals surface area contributed by atoms with Gasteiger partial charge in [0, 0.05) is 19.2 Å². The summed E-state index contributed by atoms with van der Waals surface area (Å²) >= 11 is 0. The molecule has 1 aliphatic heterocycles. The van der Waals surface area contributed by atoms with Crippen LogP contribution in [0.2, 0.25) is 0 Å². The highest BCUT2D eigenvalue weighted by atomic mass is 16.5. The summed E-state index contributed by atoms with van der Waals surface area (Å²) in [5.41, 5.74) is 0. The summed E-state index contributed by atoms with van der Waals surface area (Å²) < 4.78 is 16.2. The number of methoxy groups -OCH3 is 1. The van der Waals surface area contributed by atoms with E-state index in [1.807, 2.05) is 24.3 Å². The monoisotopic (exact) mass is 295 g/mol. The van der Waals surface area contributed by atoms with Crippen molar-refractivity contribution in [1.29, 1.82) is 0 Å². The molecule has 0 bridgehead atoms. The van der Waals surface area contributed by atoms with Gasteiger partial charge in [0.25, 0.3) is 0 Å². The predicted octanol–water partition coefficient (Wildman–Crippen LogP) is 1.45. The minimum atomic E-state index is -0.556. The van der Waals surface area contributed by atoms with Crippen molar-refractivity contribution < 1.29 is 19.3 Å². The van der Waals surface area contributed by atoms with E-state index in [0.717, 1.165) is 19.6 Å². The van der Waals surface area contributed by atoms with Gasteiger partial charge < -0.3 is 24.6 Å². The molecule has 2 rings (SSSR count). The fraction of sp³-hybridized carbons (Fsp3) is 0.625. The smallest absolute Gasteiger partial charge is 0.161 e. The first-order chi connectivity index (χ1) is 10.2. The number of hydrogen-bond acceptors (Lipinski definition) is 5. The number of ether oxygens (including phenoxy) is 3. The molecule has 21 heavy (non-hydrogen) atoms. The van der Waals surface area contributed by atoms with Crippen LogP contribution < -0.4 is 14.8 Å². The van der Waals surface area contributed by atoms with Crippen molar-refractivity contribution in [2.75, 3.05) is 33.5 Å². The number of hydrogen-bond donors (Lipinski definition) is 2. The van der Waals surface area contributed by atoms with Crippen LogP contribution in [-0.2, 0) is 4.74 Å². The second-order valence-corrected chi connectivity index (χ2v) is 5.44. The van der Waals surface area contributed by atoms with Gasteiger partial charge in [0.05, 0.1) is 13.7 Å². The van der Waals surface area contributed by atoms with E-state index in [0.29, 0.717) is 30.0 Å². The van der Waals surface area contributed by atoms with Crippen LogP contribution in [0.4, 0.5) is 0 Å². The van der Waals surface area contributed by atoms with E-state index in [1.54, 1.807) is 7.11 Å². The third-order valence-electron chi connectivity index (χ3n) is 3.85. The van der Waals surface area contributed by atoms with Crippen LogP contribution >= 0.6 is 0 Å². The highest BCUT2D eigenvalue weighted by Crippen LogP contribution is 2.25. The summed E-state index contributed by atoms with van der Waals surface area (Å²) in [6.07, 6.45) is 0.529. The van der Waals surface area contributed by atoms with E-state index in [9.17, 15) is 5.11 Å². The standard InChI is InChI=1S/C16H25NO4/c1-12(13-7-8-20-10-13)17-9-14(18)11-21-16-6-4-3-5-15(16)19-2/h3-6,12-14,17-18H,7-11H2,1-2H3. The molecule has 5 heteroatoms. The van der Waals surface area contributed by atoms with Crippen LogP contribution in [-0.4, -0.2) is 50.7 Å². The van der Waals surface area contributed by atoms with Gasteiger partial charge in [-0.1, -0.05) is 12.1 Å². The average Bonchev–Trinajstić information content (AvgIpc) is 3.05. The Morgan fingerprint density at radius 3 is 2.81 bits per heavy atom. The molecule has 2 N–H and O–H groups in total. The highest BCUT2D eigenvalue weighted by Gasteiger charge is 2.22. The van der Waals surface area contributed by atoms with Crippen LogP contribution in [0.15, 0.2) is 24.3 Å². The number of aliphatic hydroxyl groups excluding tert-OH is 1. The Bertz CT molecular complexity index is 420. The van der Waals surface area contributed by atoms with E-state index >= 15 is 0 Å². The average molecular weight is 295 g/mol. The third kappa shape index (κ3) is 4.88. The Kier molecular flexibility index (Phi) is 6.29. The summed E-state index contributed by atoms with van der Waals surface area (Å²) in [5.74, 6) is 1.86. The molecule has 118 valence electrons. The third-order valence-corrected chi connectivity index (χ3v) is 3.85. The first-order valence-electron chi connectivity index (χ1n) is 7.45. The largest absolute Gasteiger partial charge is 0.493 e. The van der Waals surface area contributed by atoms with Gasteiger partial charge in [0.15, 0.2) is 11.5 Å². The molecular formula is C16H25NO4. The van der Waals surface area contributed by atoms with Crippen molar-refractivity contribution in [3.8, 4) is 11.5 Å². The lowest BCUT2D eigenvalue weighted by molar-refractivity contribution is 0.0989. The summed E-state index contributed by atoms with van der Waals surface area (Å²) in [5, 5.41) is 13.4. The molecule has 1 aliphatic rings. The highest BCUT2D eigenvalue weighted by molar-refractivity contribution is 5.39. The van der Waals surface area contributed by atoms with Gasteiger partial charge in [0.2, 0.25) is 0 Å². The Labute approximate surface area is 126 Å². The molecule has 1 heterocycles. The lowest BCUT2D eigenvalue weighted by Crippen LogP contribution is -2.40. The van der Waals surface area contributed by atoms with Gasteiger partial charge in [-0.25, -0.2) is 0 Å². The molecule has 1 aromatic rings. The Morgan fingerprint density at radius 2 is 2.14 bits per heavy atom. The topological polar surface area (TPSA) is 60.0 Å². The van der Waals surface area contributed by atoms with Gasteiger partial charge in [-0.3, -0.25) is 0 Å². The second kappa shape index (κ2) is 8.22. The molecule has 5 nitrogen and oxygen atoms in total. The van der Waals surface area contributed by atoms with E-state index in [4.69, 9.17) is 14.2 Å². The van der Waals surface area contributed by atoms with Gasteiger partial charge in [-0.15, -0.1) is 0 Å². The fourth-order valence-electron chi connectivity index (χ4n) is 2.42. The number of aliphatic hydroxyl groups is 1. The molecule has 0 radical (unpaired) electrons. The molecule has 0 spiro atoms. The van der Waals surface area contributed by atoms with Gasteiger partial charge in [-0.05, 0) is 31.4 Å². The minimum absolute atomic E-state index is 0.237. The second-order valence-electron chi connectivity index (χ2n) is 5.44. The summed E-state index contributed by atoms with van der Waals surface area (Å²) in [7, 11) is 1.60. The van der Waals surface area contributed by atoms with Crippen molar-refractivity contribution in [1.82, 2.24) is 5.32 Å². The van der Waals surface area contributed by atoms with Gasteiger partial charge in [0.1, 0.15) is 12.7 Å². The zero-order valence-electron chi connectivity index (χ0n) is 12.7. The van der Waals surface area contributed by atoms with Gasteiger partial charge in [-0.2, -0.15) is 0 Å². The summed E-state index contributed by atoms with van der Waals surface area (Å²) in [4.78, 5) is 0. The van der Waals surface area contributed by atoms with Crippen molar-refractivity contribution in [3.05, 3.63) is 24.3 Å². The summed E-state index contributed by atoms with van der Waals surface area (Å²) in [6, 6.07) is 7.77. The molecule has 1 fully saturated rings. The van der Waals surface area contributed by atoms with E-state index in [1.165, 1.54) is 0 Å². The molecular weight excluding hydrogens is 270 g/mol. The number of benzene rings is 1. The molecule has 3 atom stereocenters. The predicted molar refractivity (Wildman–Crippen MR) is 80.9 cm³/mol. The molecule has 1 aromatic carbocycles. The van der Waals surface area contributed by atoms with Crippen LogP contribution in [0.5, 0.6) is 11.5 Å². The Balaban J connectivity index is 1.70. The normalized spacial score (nSPS) is 21.0. The van der Waals surface area contributed by atoms with Crippen molar-refractivity contribution in [2.24, 2.45) is 5.92 Å². The van der Waals surface area contributed by atoms with Crippen molar-refractivity contribution in [3.63, 3.8) is 0 Å². The first kappa shape index (κ1) is 16.1. The molecule has 3 unspecified atom stereocenters. The number of rotatable bonds is 8. The van der Waals surface area contributed by atoms with Crippen LogP contribution in [0, 0.1) is 5.92 Å². The maximum absolute atomic E-state index is 10.0. The Morgan fingerprint density at radius 1 is 1.38 bits per heavy atom. The van der Waals surface area contributed by atoms with Gasteiger partial charge >= 0.3 is 0 Å².